The molecule has 1 aromatic heterocycles. The number of pyridine rings is 1. The summed E-state index contributed by atoms with van der Waals surface area (Å²) in [5.41, 5.74) is 0.321. The Morgan fingerprint density at radius 3 is 2.64 bits per heavy atom. The predicted molar refractivity (Wildman–Crippen MR) is 82.0 cm³/mol. The van der Waals surface area contributed by atoms with Crippen molar-refractivity contribution in [3.63, 3.8) is 0 Å². The Morgan fingerprint density at radius 1 is 1.23 bits per heavy atom. The molecule has 1 aromatic carbocycles. The monoisotopic (exact) mass is 341 g/mol. The quantitative estimate of drug-likeness (QED) is 0.634. The first kappa shape index (κ1) is 15.3. The van der Waals surface area contributed by atoms with Gasteiger partial charge in [0.25, 0.3) is 10.0 Å². The topological polar surface area (TPSA) is 110 Å². The van der Waals surface area contributed by atoms with E-state index in [2.05, 4.69) is 4.98 Å². The van der Waals surface area contributed by atoms with Crippen molar-refractivity contribution in [3.8, 4) is 0 Å². The Morgan fingerprint density at radius 2 is 1.95 bits per heavy atom. The van der Waals surface area contributed by atoms with Crippen molar-refractivity contribution >= 4 is 30.8 Å². The van der Waals surface area contributed by atoms with Crippen LogP contribution >= 0.6 is 0 Å². The number of rotatable bonds is 3. The molecular formula is C13H15N3O4S2. The maximum atomic E-state index is 12.7. The summed E-state index contributed by atoms with van der Waals surface area (Å²) in [4.78, 5) is 4.09. The standard InChI is InChI=1S/C13H15N3O4S2/c14-16(11-6-8-21(17,18)9-11)22(19,20)12-5-1-3-10-4-2-7-15-13(10)12/h1-5,7,11H,6,8-9,14H2/t11-/m0/s1. The van der Waals surface area contributed by atoms with Crippen molar-refractivity contribution in [1.82, 2.24) is 9.40 Å². The molecule has 118 valence electrons. The van der Waals surface area contributed by atoms with E-state index in [1.165, 1.54) is 12.3 Å². The minimum absolute atomic E-state index is 0.0163. The van der Waals surface area contributed by atoms with Gasteiger partial charge in [-0.15, -0.1) is 4.41 Å². The Hall–Kier alpha value is -1.55. The molecule has 1 aliphatic rings. The molecule has 3 rings (SSSR count). The van der Waals surface area contributed by atoms with E-state index in [1.807, 2.05) is 0 Å². The molecule has 0 amide bonds. The summed E-state index contributed by atoms with van der Waals surface area (Å²) < 4.78 is 49.2. The molecule has 22 heavy (non-hydrogen) atoms. The molecule has 0 bridgehead atoms. The van der Waals surface area contributed by atoms with Gasteiger partial charge in [-0.2, -0.15) is 0 Å². The van der Waals surface area contributed by atoms with Gasteiger partial charge in [-0.3, -0.25) is 10.8 Å². The fourth-order valence-corrected chi connectivity index (χ4v) is 5.84. The molecule has 2 N–H and O–H groups in total. The van der Waals surface area contributed by atoms with Crippen LogP contribution in [0.25, 0.3) is 10.9 Å². The van der Waals surface area contributed by atoms with Crippen molar-refractivity contribution in [1.29, 1.82) is 0 Å². The van der Waals surface area contributed by atoms with Crippen molar-refractivity contribution in [2.75, 3.05) is 11.5 Å². The maximum Gasteiger partial charge on any atom is 0.258 e. The average Bonchev–Trinajstić information content (AvgIpc) is 2.85. The zero-order valence-corrected chi connectivity index (χ0v) is 13.2. The molecular weight excluding hydrogens is 326 g/mol. The number of sulfonamides is 1. The van der Waals surface area contributed by atoms with E-state index >= 15 is 0 Å². The third-order valence-corrected chi connectivity index (χ3v) is 7.21. The molecule has 0 radical (unpaired) electrons. The minimum Gasteiger partial charge on any atom is -0.255 e. The number of sulfone groups is 1. The number of para-hydroxylation sites is 1. The zero-order valence-electron chi connectivity index (χ0n) is 11.6. The molecule has 0 spiro atoms. The smallest absolute Gasteiger partial charge is 0.255 e. The lowest BCUT2D eigenvalue weighted by Crippen LogP contribution is -2.46. The fourth-order valence-electron chi connectivity index (χ4n) is 2.57. The number of hydrazine groups is 1. The van der Waals surface area contributed by atoms with E-state index in [0.29, 0.717) is 15.3 Å². The highest BCUT2D eigenvalue weighted by atomic mass is 32.2. The first-order valence-corrected chi connectivity index (χ1v) is 9.91. The van der Waals surface area contributed by atoms with E-state index in [4.69, 9.17) is 5.84 Å². The van der Waals surface area contributed by atoms with Crippen molar-refractivity contribution in [2.45, 2.75) is 17.4 Å². The summed E-state index contributed by atoms with van der Waals surface area (Å²) in [5.74, 6) is 5.46. The Bertz CT molecular complexity index is 920. The van der Waals surface area contributed by atoms with Crippen LogP contribution in [-0.4, -0.2) is 43.8 Å². The van der Waals surface area contributed by atoms with Crippen LogP contribution < -0.4 is 5.84 Å². The van der Waals surface area contributed by atoms with Crippen LogP contribution in [0.15, 0.2) is 41.4 Å². The van der Waals surface area contributed by atoms with Crippen LogP contribution in [0.4, 0.5) is 0 Å². The summed E-state index contributed by atoms with van der Waals surface area (Å²) in [7, 11) is -7.24. The van der Waals surface area contributed by atoms with Gasteiger partial charge in [0.15, 0.2) is 9.84 Å². The first-order chi connectivity index (χ1) is 10.3. The second kappa shape index (κ2) is 5.27. The van der Waals surface area contributed by atoms with Gasteiger partial charge >= 0.3 is 0 Å². The zero-order chi connectivity index (χ0) is 16.0. The van der Waals surface area contributed by atoms with Gasteiger partial charge in [0, 0.05) is 11.6 Å². The highest BCUT2D eigenvalue weighted by molar-refractivity contribution is 7.92. The molecule has 1 fully saturated rings. The number of nitrogens with zero attached hydrogens (tertiary/aromatic N) is 2. The SMILES string of the molecule is NN([C@H]1CCS(=O)(=O)C1)S(=O)(=O)c1cccc2cccnc12. The first-order valence-electron chi connectivity index (χ1n) is 6.64. The molecule has 0 unspecified atom stereocenters. The van der Waals surface area contributed by atoms with Crippen molar-refractivity contribution < 1.29 is 16.8 Å². The van der Waals surface area contributed by atoms with E-state index in [1.54, 1.807) is 24.3 Å². The summed E-state index contributed by atoms with van der Waals surface area (Å²) in [6, 6.07) is 7.51. The van der Waals surface area contributed by atoms with Crippen molar-refractivity contribution in [2.24, 2.45) is 5.84 Å². The lowest BCUT2D eigenvalue weighted by atomic mass is 10.2. The van der Waals surface area contributed by atoms with Gasteiger partial charge < -0.3 is 0 Å². The van der Waals surface area contributed by atoms with E-state index in [-0.39, 0.29) is 22.8 Å². The Balaban J connectivity index is 2.05. The van der Waals surface area contributed by atoms with E-state index in [9.17, 15) is 16.8 Å². The molecule has 2 aromatic rings. The molecule has 1 saturated heterocycles. The van der Waals surface area contributed by atoms with Gasteiger partial charge in [-0.1, -0.05) is 18.2 Å². The number of nitrogens with two attached hydrogens (primary N) is 1. The van der Waals surface area contributed by atoms with Crippen LogP contribution in [0.2, 0.25) is 0 Å². The second-order valence-electron chi connectivity index (χ2n) is 5.22. The normalized spacial score (nSPS) is 21.5. The molecule has 1 atom stereocenters. The number of aromatic nitrogens is 1. The number of hydrogen-bond acceptors (Lipinski definition) is 6. The summed E-state index contributed by atoms with van der Waals surface area (Å²) in [6.45, 7) is 0. The molecule has 9 heteroatoms. The van der Waals surface area contributed by atoms with Crippen LogP contribution in [0.1, 0.15) is 6.42 Å². The van der Waals surface area contributed by atoms with Crippen LogP contribution in [0.3, 0.4) is 0 Å². The van der Waals surface area contributed by atoms with Crippen LogP contribution in [-0.2, 0) is 19.9 Å². The van der Waals surface area contributed by atoms with Gasteiger partial charge in [-0.25, -0.2) is 16.8 Å². The average molecular weight is 341 g/mol. The molecule has 7 nitrogen and oxygen atoms in total. The molecule has 0 aliphatic carbocycles. The van der Waals surface area contributed by atoms with Gasteiger partial charge in [-0.05, 0) is 18.6 Å². The van der Waals surface area contributed by atoms with Crippen molar-refractivity contribution in [3.05, 3.63) is 36.5 Å². The van der Waals surface area contributed by atoms with Gasteiger partial charge in [0.2, 0.25) is 0 Å². The highest BCUT2D eigenvalue weighted by Gasteiger charge is 2.37. The van der Waals surface area contributed by atoms with Gasteiger partial charge in [0.05, 0.1) is 23.1 Å². The third-order valence-electron chi connectivity index (χ3n) is 3.72. The van der Waals surface area contributed by atoms with Crippen LogP contribution in [0.5, 0.6) is 0 Å². The number of fused-ring (bicyclic) bond motifs is 1. The molecule has 0 saturated carbocycles. The molecule has 2 heterocycles. The Kier molecular flexibility index (Phi) is 3.68. The van der Waals surface area contributed by atoms with E-state index in [0.717, 1.165) is 0 Å². The summed E-state index contributed by atoms with van der Waals surface area (Å²) >= 11 is 0. The number of hydrogen-bond donors (Lipinski definition) is 1. The lowest BCUT2D eigenvalue weighted by molar-refractivity contribution is 0.351. The maximum absolute atomic E-state index is 12.7. The largest absolute Gasteiger partial charge is 0.258 e. The Labute approximate surface area is 128 Å². The van der Waals surface area contributed by atoms with Crippen LogP contribution in [0, 0.1) is 0 Å². The number of benzene rings is 1. The fraction of sp³-hybridized carbons (Fsp3) is 0.308. The lowest BCUT2D eigenvalue weighted by Gasteiger charge is -2.22. The van der Waals surface area contributed by atoms with Gasteiger partial charge in [0.1, 0.15) is 4.90 Å². The highest BCUT2D eigenvalue weighted by Crippen LogP contribution is 2.26. The summed E-state index contributed by atoms with van der Waals surface area (Å²) in [6.07, 6.45) is 1.71. The summed E-state index contributed by atoms with van der Waals surface area (Å²) in [5, 5.41) is 0.677. The molecule has 1 aliphatic heterocycles. The minimum atomic E-state index is -4.02. The third kappa shape index (κ3) is 2.60. The second-order valence-corrected chi connectivity index (χ2v) is 9.26. The van der Waals surface area contributed by atoms with E-state index < -0.39 is 25.9 Å². The predicted octanol–water partition coefficient (Wildman–Crippen LogP) is 0.286.